The number of benzene rings is 4. The zero-order valence-electron chi connectivity index (χ0n) is 24.4. The third-order valence-electron chi connectivity index (χ3n) is 6.28. The maximum Gasteiger partial charge on any atom is 0.418 e. The summed E-state index contributed by atoms with van der Waals surface area (Å²) in [4.78, 5) is 39.6. The van der Waals surface area contributed by atoms with E-state index in [0.717, 1.165) is 23.9 Å². The quantitative estimate of drug-likeness (QED) is 0.113. The Kier molecular flexibility index (Phi) is 11.3. The summed E-state index contributed by atoms with van der Waals surface area (Å²) < 4.78 is 51.0. The molecule has 0 radical (unpaired) electrons. The number of halogens is 4. The number of hydrogen-bond donors (Lipinski definition) is 3. The highest BCUT2D eigenvalue weighted by molar-refractivity contribution is 8.00. The van der Waals surface area contributed by atoms with Gasteiger partial charge in [0.1, 0.15) is 5.70 Å². The van der Waals surface area contributed by atoms with Crippen LogP contribution in [0.25, 0.3) is 6.08 Å². The molecule has 4 aromatic carbocycles. The lowest BCUT2D eigenvalue weighted by Crippen LogP contribution is -2.30. The van der Waals surface area contributed by atoms with Gasteiger partial charge in [0.2, 0.25) is 5.91 Å². The topological polar surface area (TPSA) is 106 Å². The van der Waals surface area contributed by atoms with E-state index in [0.29, 0.717) is 33.2 Å². The van der Waals surface area contributed by atoms with Crippen molar-refractivity contribution < 1.29 is 37.0 Å². The Hall–Kier alpha value is -4.94. The molecule has 4 aromatic rings. The lowest BCUT2D eigenvalue weighted by molar-refractivity contribution is -0.137. The van der Waals surface area contributed by atoms with E-state index in [1.54, 1.807) is 72.8 Å². The maximum absolute atomic E-state index is 13.5. The second-order valence-corrected chi connectivity index (χ2v) is 11.0. The molecule has 238 valence electrons. The maximum atomic E-state index is 13.5. The van der Waals surface area contributed by atoms with Crippen molar-refractivity contribution in [2.24, 2.45) is 0 Å². The Morgan fingerprint density at radius 1 is 0.870 bits per heavy atom. The van der Waals surface area contributed by atoms with Crippen LogP contribution in [-0.2, 0) is 15.8 Å². The Labute approximate surface area is 271 Å². The Morgan fingerprint density at radius 2 is 1.61 bits per heavy atom. The second kappa shape index (κ2) is 15.4. The van der Waals surface area contributed by atoms with Crippen molar-refractivity contribution in [2.75, 3.05) is 30.6 Å². The number of thioether (sulfide) groups is 1. The lowest BCUT2D eigenvalue weighted by Gasteiger charge is -2.15. The van der Waals surface area contributed by atoms with Gasteiger partial charge in [-0.3, -0.25) is 14.4 Å². The number of nitrogens with one attached hydrogen (secondary N) is 3. The van der Waals surface area contributed by atoms with Gasteiger partial charge in [0, 0.05) is 26.7 Å². The number of rotatable bonds is 11. The molecule has 0 aliphatic rings. The smallest absolute Gasteiger partial charge is 0.418 e. The summed E-state index contributed by atoms with van der Waals surface area (Å²) in [5, 5.41) is 7.55. The highest BCUT2D eigenvalue weighted by Gasteiger charge is 2.34. The number of carbonyl (C=O) groups is 3. The molecule has 13 heteroatoms. The number of methoxy groups -OCH3 is 2. The molecule has 0 heterocycles. The summed E-state index contributed by atoms with van der Waals surface area (Å²) in [5.74, 6) is -1.30. The van der Waals surface area contributed by atoms with Crippen molar-refractivity contribution >= 4 is 58.5 Å². The minimum atomic E-state index is -4.71. The molecule has 4 rings (SSSR count). The van der Waals surface area contributed by atoms with Gasteiger partial charge in [-0.05, 0) is 60.7 Å². The Morgan fingerprint density at radius 3 is 2.30 bits per heavy atom. The Balaban J connectivity index is 1.51. The minimum Gasteiger partial charge on any atom is -0.493 e. The van der Waals surface area contributed by atoms with E-state index in [4.69, 9.17) is 21.1 Å². The summed E-state index contributed by atoms with van der Waals surface area (Å²) in [5.41, 5.74) is -0.432. The van der Waals surface area contributed by atoms with Crippen molar-refractivity contribution in [3.05, 3.63) is 118 Å². The average Bonchev–Trinajstić information content (AvgIpc) is 3.04. The van der Waals surface area contributed by atoms with E-state index >= 15 is 0 Å². The standard InChI is InChI=1S/C33H27ClF3N3O5S/c1-44-28-13-6-10-21(30(28)45-2)16-27(40-31(42)20-8-4-3-5-9-20)32(43)38-23-11-7-12-24(18-23)46-19-29(41)39-26-15-14-22(34)17-25(26)33(35,36)37/h3-18H,19H2,1-2H3,(H,38,43)(H,39,41)(H,40,42)/b27-16+. The number of hydrogen-bond acceptors (Lipinski definition) is 6. The molecule has 0 unspecified atom stereocenters. The molecular weight excluding hydrogens is 643 g/mol. The van der Waals surface area contributed by atoms with E-state index in [1.807, 2.05) is 0 Å². The number of ether oxygens (including phenoxy) is 2. The van der Waals surface area contributed by atoms with Gasteiger partial charge >= 0.3 is 6.18 Å². The number of alkyl halides is 3. The first-order chi connectivity index (χ1) is 22.0. The molecule has 0 saturated heterocycles. The zero-order valence-corrected chi connectivity index (χ0v) is 26.0. The minimum absolute atomic E-state index is 0.0960. The summed E-state index contributed by atoms with van der Waals surface area (Å²) in [6.45, 7) is 0. The van der Waals surface area contributed by atoms with Crippen LogP contribution in [0.4, 0.5) is 24.5 Å². The van der Waals surface area contributed by atoms with Gasteiger partial charge < -0.3 is 25.4 Å². The fourth-order valence-electron chi connectivity index (χ4n) is 4.18. The largest absolute Gasteiger partial charge is 0.493 e. The van der Waals surface area contributed by atoms with Crippen LogP contribution >= 0.6 is 23.4 Å². The molecule has 0 aliphatic carbocycles. The van der Waals surface area contributed by atoms with Crippen LogP contribution in [0.5, 0.6) is 11.5 Å². The van der Waals surface area contributed by atoms with Crippen molar-refractivity contribution in [1.82, 2.24) is 5.32 Å². The highest BCUT2D eigenvalue weighted by Crippen LogP contribution is 2.37. The Bertz CT molecular complexity index is 1770. The highest BCUT2D eigenvalue weighted by atomic mass is 35.5. The number of amides is 3. The molecule has 0 saturated carbocycles. The van der Waals surface area contributed by atoms with Gasteiger partial charge in [-0.1, -0.05) is 48.0 Å². The van der Waals surface area contributed by atoms with Crippen LogP contribution < -0.4 is 25.4 Å². The molecule has 46 heavy (non-hydrogen) atoms. The van der Waals surface area contributed by atoms with Gasteiger partial charge in [-0.15, -0.1) is 11.8 Å². The predicted octanol–water partition coefficient (Wildman–Crippen LogP) is 7.52. The first-order valence-corrected chi connectivity index (χ1v) is 14.8. The average molecular weight is 670 g/mol. The summed E-state index contributed by atoms with van der Waals surface area (Å²) in [7, 11) is 2.92. The van der Waals surface area contributed by atoms with Crippen molar-refractivity contribution in [3.63, 3.8) is 0 Å². The van der Waals surface area contributed by atoms with Gasteiger partial charge in [0.25, 0.3) is 11.8 Å². The molecule has 0 aliphatic heterocycles. The van der Waals surface area contributed by atoms with Crippen molar-refractivity contribution in [2.45, 2.75) is 11.1 Å². The van der Waals surface area contributed by atoms with Gasteiger partial charge in [-0.2, -0.15) is 13.2 Å². The van der Waals surface area contributed by atoms with Gasteiger partial charge in [0.15, 0.2) is 11.5 Å². The van der Waals surface area contributed by atoms with E-state index in [-0.39, 0.29) is 16.5 Å². The third-order valence-corrected chi connectivity index (χ3v) is 7.51. The van der Waals surface area contributed by atoms with Crippen LogP contribution in [0.2, 0.25) is 5.02 Å². The van der Waals surface area contributed by atoms with E-state index < -0.39 is 35.1 Å². The normalized spacial score (nSPS) is 11.4. The molecule has 0 aromatic heterocycles. The number of anilines is 2. The fourth-order valence-corrected chi connectivity index (χ4v) is 5.11. The van der Waals surface area contributed by atoms with Crippen molar-refractivity contribution in [1.29, 1.82) is 0 Å². The predicted molar refractivity (Wildman–Crippen MR) is 172 cm³/mol. The van der Waals surface area contributed by atoms with E-state index in [9.17, 15) is 27.6 Å². The van der Waals surface area contributed by atoms with Crippen LogP contribution in [0.15, 0.2) is 102 Å². The first kappa shape index (κ1) is 33.9. The van der Waals surface area contributed by atoms with Crippen LogP contribution in [0.1, 0.15) is 21.5 Å². The molecular formula is C33H27ClF3N3O5S. The molecule has 3 N–H and O–H groups in total. The SMILES string of the molecule is COc1cccc(/C=C(/NC(=O)c2ccccc2)C(=O)Nc2cccc(SCC(=O)Nc3ccc(Cl)cc3C(F)(F)F)c2)c1OC. The summed E-state index contributed by atoms with van der Waals surface area (Å²) in [6.07, 6.45) is -3.26. The van der Waals surface area contributed by atoms with Gasteiger partial charge in [-0.25, -0.2) is 0 Å². The molecule has 8 nitrogen and oxygen atoms in total. The van der Waals surface area contributed by atoms with E-state index in [1.165, 1.54) is 26.4 Å². The van der Waals surface area contributed by atoms with Crippen LogP contribution in [-0.4, -0.2) is 37.7 Å². The molecule has 0 atom stereocenters. The molecule has 0 fully saturated rings. The molecule has 0 spiro atoms. The summed E-state index contributed by atoms with van der Waals surface area (Å²) in [6, 6.07) is 23.0. The molecule has 0 bridgehead atoms. The van der Waals surface area contributed by atoms with E-state index in [2.05, 4.69) is 16.0 Å². The summed E-state index contributed by atoms with van der Waals surface area (Å²) >= 11 is 6.76. The van der Waals surface area contributed by atoms with Crippen LogP contribution in [0, 0.1) is 0 Å². The third kappa shape index (κ3) is 9.05. The lowest BCUT2D eigenvalue weighted by atomic mass is 10.1. The van der Waals surface area contributed by atoms with Gasteiger partial charge in [0.05, 0.1) is 31.2 Å². The molecule has 3 amide bonds. The second-order valence-electron chi connectivity index (χ2n) is 9.47. The first-order valence-electron chi connectivity index (χ1n) is 13.5. The fraction of sp³-hybridized carbons (Fsp3) is 0.121. The van der Waals surface area contributed by atoms with Crippen LogP contribution in [0.3, 0.4) is 0 Å². The monoisotopic (exact) mass is 669 g/mol. The van der Waals surface area contributed by atoms with Crippen molar-refractivity contribution in [3.8, 4) is 11.5 Å². The zero-order chi connectivity index (χ0) is 33.3. The number of para-hydroxylation sites is 1. The number of carbonyl (C=O) groups excluding carboxylic acids is 3.